The number of aromatic nitrogens is 3. The molecule has 1 unspecified atom stereocenters. The lowest BCUT2D eigenvalue weighted by atomic mass is 10.3. The first-order chi connectivity index (χ1) is 9.75. The standard InChI is InChI=1S/C16H18N4/c1-12(18-11-13-7-5-6-10-17-13)16-19-14-8-3-4-9-15(14)20(16)2/h3-10,12,18H,11H2,1-2H3. The van der Waals surface area contributed by atoms with E-state index >= 15 is 0 Å². The van der Waals surface area contributed by atoms with Crippen molar-refractivity contribution >= 4 is 11.0 Å². The van der Waals surface area contributed by atoms with Gasteiger partial charge in [-0.3, -0.25) is 4.98 Å². The zero-order chi connectivity index (χ0) is 13.9. The van der Waals surface area contributed by atoms with Gasteiger partial charge in [0.2, 0.25) is 0 Å². The van der Waals surface area contributed by atoms with Crippen LogP contribution in [-0.2, 0) is 13.6 Å². The summed E-state index contributed by atoms with van der Waals surface area (Å²) < 4.78 is 2.14. The summed E-state index contributed by atoms with van der Waals surface area (Å²) in [6, 6.07) is 14.3. The summed E-state index contributed by atoms with van der Waals surface area (Å²) >= 11 is 0. The minimum Gasteiger partial charge on any atom is -0.330 e. The summed E-state index contributed by atoms with van der Waals surface area (Å²) in [7, 11) is 2.06. The van der Waals surface area contributed by atoms with Crippen LogP contribution in [0.15, 0.2) is 48.7 Å². The van der Waals surface area contributed by atoms with Crippen molar-refractivity contribution in [3.8, 4) is 0 Å². The molecule has 4 heteroatoms. The van der Waals surface area contributed by atoms with E-state index in [2.05, 4.69) is 34.9 Å². The second-order valence-corrected chi connectivity index (χ2v) is 4.94. The monoisotopic (exact) mass is 266 g/mol. The first-order valence-corrected chi connectivity index (χ1v) is 6.80. The Morgan fingerprint density at radius 2 is 1.95 bits per heavy atom. The van der Waals surface area contributed by atoms with E-state index in [9.17, 15) is 0 Å². The molecule has 0 saturated heterocycles. The van der Waals surface area contributed by atoms with E-state index in [1.807, 2.05) is 42.6 Å². The zero-order valence-corrected chi connectivity index (χ0v) is 11.7. The van der Waals surface area contributed by atoms with Crippen LogP contribution < -0.4 is 5.32 Å². The van der Waals surface area contributed by atoms with Crippen LogP contribution in [0, 0.1) is 0 Å². The van der Waals surface area contributed by atoms with Gasteiger partial charge in [-0.1, -0.05) is 18.2 Å². The molecular formula is C16H18N4. The molecule has 1 atom stereocenters. The number of aryl methyl sites for hydroxylation is 1. The minimum atomic E-state index is 0.175. The Labute approximate surface area is 118 Å². The predicted molar refractivity (Wildman–Crippen MR) is 80.2 cm³/mol. The van der Waals surface area contributed by atoms with E-state index in [4.69, 9.17) is 4.98 Å². The van der Waals surface area contributed by atoms with Crippen molar-refractivity contribution in [2.24, 2.45) is 7.05 Å². The fraction of sp³-hybridized carbons (Fsp3) is 0.250. The summed E-state index contributed by atoms with van der Waals surface area (Å²) in [5.74, 6) is 1.04. The third-order valence-electron chi connectivity index (χ3n) is 3.52. The van der Waals surface area contributed by atoms with Gasteiger partial charge in [0.05, 0.1) is 22.8 Å². The number of fused-ring (bicyclic) bond motifs is 1. The van der Waals surface area contributed by atoms with Crippen LogP contribution in [0.3, 0.4) is 0 Å². The maximum atomic E-state index is 4.70. The fourth-order valence-corrected chi connectivity index (χ4v) is 2.40. The molecule has 0 saturated carbocycles. The lowest BCUT2D eigenvalue weighted by Crippen LogP contribution is -2.21. The highest BCUT2D eigenvalue weighted by Gasteiger charge is 2.13. The largest absolute Gasteiger partial charge is 0.330 e. The van der Waals surface area contributed by atoms with Gasteiger partial charge in [0.1, 0.15) is 5.82 Å². The van der Waals surface area contributed by atoms with E-state index in [-0.39, 0.29) is 6.04 Å². The van der Waals surface area contributed by atoms with Crippen molar-refractivity contribution in [3.63, 3.8) is 0 Å². The smallest absolute Gasteiger partial charge is 0.126 e. The van der Waals surface area contributed by atoms with Crippen LogP contribution in [0.4, 0.5) is 0 Å². The van der Waals surface area contributed by atoms with Crippen molar-refractivity contribution in [2.45, 2.75) is 19.5 Å². The van der Waals surface area contributed by atoms with Gasteiger partial charge in [0.25, 0.3) is 0 Å². The number of hydrogen-bond donors (Lipinski definition) is 1. The maximum Gasteiger partial charge on any atom is 0.126 e. The van der Waals surface area contributed by atoms with Gasteiger partial charge in [-0.15, -0.1) is 0 Å². The normalized spacial score (nSPS) is 12.7. The molecule has 0 aliphatic rings. The topological polar surface area (TPSA) is 42.7 Å². The molecule has 0 bridgehead atoms. The van der Waals surface area contributed by atoms with Crippen LogP contribution >= 0.6 is 0 Å². The highest BCUT2D eigenvalue weighted by Crippen LogP contribution is 2.19. The summed E-state index contributed by atoms with van der Waals surface area (Å²) in [5, 5.41) is 3.47. The average Bonchev–Trinajstić information content (AvgIpc) is 2.84. The van der Waals surface area contributed by atoms with Crippen LogP contribution in [0.1, 0.15) is 24.5 Å². The van der Waals surface area contributed by atoms with E-state index in [0.717, 1.165) is 29.1 Å². The maximum absolute atomic E-state index is 4.70. The van der Waals surface area contributed by atoms with Crippen LogP contribution in [-0.4, -0.2) is 14.5 Å². The fourth-order valence-electron chi connectivity index (χ4n) is 2.40. The van der Waals surface area contributed by atoms with Crippen LogP contribution in [0.5, 0.6) is 0 Å². The molecule has 0 spiro atoms. The Morgan fingerprint density at radius 3 is 2.70 bits per heavy atom. The molecule has 0 radical (unpaired) electrons. The molecular weight excluding hydrogens is 248 g/mol. The molecule has 0 fully saturated rings. The van der Waals surface area contributed by atoms with E-state index in [1.54, 1.807) is 0 Å². The number of benzene rings is 1. The SMILES string of the molecule is CC(NCc1ccccn1)c1nc2ccccc2n1C. The van der Waals surface area contributed by atoms with Gasteiger partial charge in [0, 0.05) is 19.8 Å². The van der Waals surface area contributed by atoms with Gasteiger partial charge < -0.3 is 9.88 Å². The number of hydrogen-bond acceptors (Lipinski definition) is 3. The first-order valence-electron chi connectivity index (χ1n) is 6.80. The summed E-state index contributed by atoms with van der Waals surface area (Å²) in [6.45, 7) is 2.87. The van der Waals surface area contributed by atoms with Gasteiger partial charge in [-0.05, 0) is 31.2 Å². The van der Waals surface area contributed by atoms with Gasteiger partial charge in [-0.2, -0.15) is 0 Å². The van der Waals surface area contributed by atoms with Gasteiger partial charge in [-0.25, -0.2) is 4.98 Å². The van der Waals surface area contributed by atoms with Crippen molar-refractivity contribution in [3.05, 3.63) is 60.2 Å². The highest BCUT2D eigenvalue weighted by molar-refractivity contribution is 5.75. The molecule has 102 valence electrons. The molecule has 3 rings (SSSR count). The quantitative estimate of drug-likeness (QED) is 0.789. The van der Waals surface area contributed by atoms with E-state index in [1.165, 1.54) is 0 Å². The number of nitrogens with zero attached hydrogens (tertiary/aromatic N) is 3. The summed E-state index contributed by atoms with van der Waals surface area (Å²) in [6.07, 6.45) is 1.82. The van der Waals surface area contributed by atoms with Crippen molar-refractivity contribution in [1.82, 2.24) is 19.9 Å². The zero-order valence-electron chi connectivity index (χ0n) is 11.7. The molecule has 0 aliphatic carbocycles. The van der Waals surface area contributed by atoms with Crippen molar-refractivity contribution in [2.75, 3.05) is 0 Å². The molecule has 2 heterocycles. The Hall–Kier alpha value is -2.20. The molecule has 20 heavy (non-hydrogen) atoms. The number of pyridine rings is 1. The Balaban J connectivity index is 1.79. The third-order valence-corrected chi connectivity index (χ3v) is 3.52. The lowest BCUT2D eigenvalue weighted by Gasteiger charge is -2.13. The number of rotatable bonds is 4. The lowest BCUT2D eigenvalue weighted by molar-refractivity contribution is 0.528. The number of nitrogens with one attached hydrogen (secondary N) is 1. The Bertz CT molecular complexity index is 703. The predicted octanol–water partition coefficient (Wildman–Crippen LogP) is 2.82. The summed E-state index contributed by atoms with van der Waals surface area (Å²) in [4.78, 5) is 9.02. The van der Waals surface area contributed by atoms with E-state index in [0.29, 0.717) is 0 Å². The van der Waals surface area contributed by atoms with Crippen LogP contribution in [0.25, 0.3) is 11.0 Å². The first kappa shape index (κ1) is 12.8. The third kappa shape index (κ3) is 2.42. The van der Waals surface area contributed by atoms with Gasteiger partial charge >= 0.3 is 0 Å². The molecule has 3 aromatic rings. The molecule has 1 aromatic carbocycles. The number of para-hydroxylation sites is 2. The molecule has 1 N–H and O–H groups in total. The van der Waals surface area contributed by atoms with Crippen LogP contribution in [0.2, 0.25) is 0 Å². The highest BCUT2D eigenvalue weighted by atomic mass is 15.1. The van der Waals surface area contributed by atoms with Crippen molar-refractivity contribution in [1.29, 1.82) is 0 Å². The van der Waals surface area contributed by atoms with Gasteiger partial charge in [0.15, 0.2) is 0 Å². The van der Waals surface area contributed by atoms with E-state index < -0.39 is 0 Å². The summed E-state index contributed by atoms with van der Waals surface area (Å²) in [5.41, 5.74) is 3.24. The second-order valence-electron chi connectivity index (χ2n) is 4.94. The Morgan fingerprint density at radius 1 is 1.15 bits per heavy atom. The molecule has 0 amide bonds. The average molecular weight is 266 g/mol. The number of imidazole rings is 1. The van der Waals surface area contributed by atoms with Crippen molar-refractivity contribution < 1.29 is 0 Å². The molecule has 4 nitrogen and oxygen atoms in total. The second kappa shape index (κ2) is 5.43. The molecule has 0 aliphatic heterocycles. The minimum absolute atomic E-state index is 0.175. The Kier molecular flexibility index (Phi) is 3.48. The molecule has 2 aromatic heterocycles.